The maximum Gasteiger partial charge on any atom is 0.223 e. The minimum atomic E-state index is -0.250. The molecule has 1 N–H and O–H groups in total. The number of carbonyl (C=O) groups excluding carboxylic acids is 1. The van der Waals surface area contributed by atoms with Crippen molar-refractivity contribution < 1.29 is 14.6 Å². The molecule has 3 atom stereocenters. The van der Waals surface area contributed by atoms with Crippen LogP contribution in [0.4, 0.5) is 0 Å². The van der Waals surface area contributed by atoms with Gasteiger partial charge in [0, 0.05) is 18.9 Å². The Hall–Kier alpha value is -0.610. The van der Waals surface area contributed by atoms with Crippen LogP contribution >= 0.6 is 0 Å². The van der Waals surface area contributed by atoms with Gasteiger partial charge >= 0.3 is 0 Å². The molecule has 4 nitrogen and oxygen atoms in total. The summed E-state index contributed by atoms with van der Waals surface area (Å²) in [5, 5.41) is 10.2. The third-order valence-corrected chi connectivity index (χ3v) is 5.95. The first-order valence-electron chi connectivity index (χ1n) is 9.31. The summed E-state index contributed by atoms with van der Waals surface area (Å²) in [6.45, 7) is 1.97. The average Bonchev–Trinajstić information content (AvgIpc) is 2.80. The molecule has 1 saturated heterocycles. The van der Waals surface area contributed by atoms with E-state index in [1.165, 1.54) is 38.5 Å². The summed E-state index contributed by atoms with van der Waals surface area (Å²) < 4.78 is 5.63. The number of amides is 1. The van der Waals surface area contributed by atoms with Gasteiger partial charge in [-0.25, -0.2) is 0 Å². The number of morpholine rings is 1. The van der Waals surface area contributed by atoms with Crippen LogP contribution in [0.1, 0.15) is 64.2 Å². The molecule has 3 fully saturated rings. The van der Waals surface area contributed by atoms with Crippen molar-refractivity contribution in [2.45, 2.75) is 76.4 Å². The molecule has 3 rings (SSSR count). The highest BCUT2D eigenvalue weighted by Crippen LogP contribution is 2.33. The molecule has 22 heavy (non-hydrogen) atoms. The van der Waals surface area contributed by atoms with E-state index in [1.54, 1.807) is 0 Å². The summed E-state index contributed by atoms with van der Waals surface area (Å²) in [6.07, 6.45) is 11.1. The summed E-state index contributed by atoms with van der Waals surface area (Å²) in [5.41, 5.74) is 0. The van der Waals surface area contributed by atoms with Gasteiger partial charge in [-0.05, 0) is 31.6 Å². The van der Waals surface area contributed by atoms with Gasteiger partial charge in [-0.1, -0.05) is 32.1 Å². The zero-order valence-electron chi connectivity index (χ0n) is 13.7. The first-order chi connectivity index (χ1) is 10.8. The number of hydrogen-bond donors (Lipinski definition) is 1. The molecule has 0 aromatic heterocycles. The van der Waals surface area contributed by atoms with Crippen LogP contribution in [-0.4, -0.2) is 47.8 Å². The van der Waals surface area contributed by atoms with E-state index in [-0.39, 0.29) is 18.1 Å². The topological polar surface area (TPSA) is 49.8 Å². The van der Waals surface area contributed by atoms with Gasteiger partial charge in [-0.3, -0.25) is 4.79 Å². The maximum absolute atomic E-state index is 12.8. The van der Waals surface area contributed by atoms with Crippen molar-refractivity contribution in [3.8, 4) is 0 Å². The van der Waals surface area contributed by atoms with Crippen molar-refractivity contribution >= 4 is 5.91 Å². The second-order valence-electron chi connectivity index (χ2n) is 7.45. The minimum absolute atomic E-state index is 0.101. The molecule has 4 heteroatoms. The highest BCUT2D eigenvalue weighted by molar-refractivity contribution is 5.77. The predicted octanol–water partition coefficient (Wildman–Crippen LogP) is 2.74. The fourth-order valence-electron chi connectivity index (χ4n) is 4.64. The van der Waals surface area contributed by atoms with Crippen molar-refractivity contribution in [2.75, 3.05) is 19.8 Å². The molecule has 0 unspecified atom stereocenters. The normalized spacial score (nSPS) is 34.6. The van der Waals surface area contributed by atoms with Crippen LogP contribution in [0.15, 0.2) is 0 Å². The van der Waals surface area contributed by atoms with E-state index < -0.39 is 0 Å². The number of aliphatic hydroxyl groups excluding tert-OH is 1. The molecule has 2 saturated carbocycles. The molecule has 126 valence electrons. The van der Waals surface area contributed by atoms with Gasteiger partial charge in [0.2, 0.25) is 5.91 Å². The monoisotopic (exact) mass is 309 g/mol. The molecule has 0 aromatic rings. The first kappa shape index (κ1) is 16.3. The van der Waals surface area contributed by atoms with E-state index in [1.807, 2.05) is 4.90 Å². The standard InChI is InChI=1S/C18H31NO3/c20-17-9-5-8-15(17)16-13-22-11-10-19(16)18(21)12-14-6-3-1-2-4-7-14/h14-17,20H,1-13H2/t15-,16-,17+/m1/s1. The van der Waals surface area contributed by atoms with E-state index in [2.05, 4.69) is 0 Å². The number of hydrogen-bond acceptors (Lipinski definition) is 3. The third kappa shape index (κ3) is 3.83. The predicted molar refractivity (Wildman–Crippen MR) is 85.5 cm³/mol. The van der Waals surface area contributed by atoms with Gasteiger partial charge in [0.25, 0.3) is 0 Å². The lowest BCUT2D eigenvalue weighted by atomic mass is 9.92. The lowest BCUT2D eigenvalue weighted by Crippen LogP contribution is -2.53. The van der Waals surface area contributed by atoms with Crippen LogP contribution in [0.5, 0.6) is 0 Å². The molecule has 1 amide bonds. The molecule has 0 spiro atoms. The van der Waals surface area contributed by atoms with Crippen LogP contribution in [0.3, 0.4) is 0 Å². The summed E-state index contributed by atoms with van der Waals surface area (Å²) in [6, 6.07) is 0.101. The second kappa shape index (κ2) is 7.78. The lowest BCUT2D eigenvalue weighted by molar-refractivity contribution is -0.145. The number of ether oxygens (including phenoxy) is 1. The van der Waals surface area contributed by atoms with Crippen LogP contribution < -0.4 is 0 Å². The second-order valence-corrected chi connectivity index (χ2v) is 7.45. The number of nitrogens with zero attached hydrogens (tertiary/aromatic N) is 1. The van der Waals surface area contributed by atoms with Crippen molar-refractivity contribution in [1.29, 1.82) is 0 Å². The van der Waals surface area contributed by atoms with E-state index >= 15 is 0 Å². The zero-order valence-corrected chi connectivity index (χ0v) is 13.7. The number of rotatable bonds is 3. The Morgan fingerprint density at radius 1 is 1.05 bits per heavy atom. The van der Waals surface area contributed by atoms with Crippen molar-refractivity contribution in [1.82, 2.24) is 4.90 Å². The van der Waals surface area contributed by atoms with E-state index in [0.717, 1.165) is 19.3 Å². The molecule has 0 aromatic carbocycles. The third-order valence-electron chi connectivity index (χ3n) is 5.95. The van der Waals surface area contributed by atoms with Crippen molar-refractivity contribution in [3.05, 3.63) is 0 Å². The zero-order chi connectivity index (χ0) is 15.4. The molecule has 3 aliphatic rings. The first-order valence-corrected chi connectivity index (χ1v) is 9.31. The van der Waals surface area contributed by atoms with Crippen LogP contribution in [0, 0.1) is 11.8 Å². The Bertz CT molecular complexity index is 365. The van der Waals surface area contributed by atoms with E-state index in [4.69, 9.17) is 4.74 Å². The Morgan fingerprint density at radius 2 is 1.82 bits per heavy atom. The number of carbonyl (C=O) groups is 1. The lowest BCUT2D eigenvalue weighted by Gasteiger charge is -2.40. The molecular formula is C18H31NO3. The highest BCUT2D eigenvalue weighted by atomic mass is 16.5. The van der Waals surface area contributed by atoms with Crippen molar-refractivity contribution in [2.24, 2.45) is 11.8 Å². The van der Waals surface area contributed by atoms with Gasteiger partial charge in [-0.15, -0.1) is 0 Å². The minimum Gasteiger partial charge on any atom is -0.393 e. The average molecular weight is 309 g/mol. The van der Waals surface area contributed by atoms with E-state index in [9.17, 15) is 9.90 Å². The highest BCUT2D eigenvalue weighted by Gasteiger charge is 2.39. The largest absolute Gasteiger partial charge is 0.393 e. The van der Waals surface area contributed by atoms with Gasteiger partial charge in [0.15, 0.2) is 0 Å². The van der Waals surface area contributed by atoms with Crippen LogP contribution in [0.25, 0.3) is 0 Å². The molecule has 2 aliphatic carbocycles. The fraction of sp³-hybridized carbons (Fsp3) is 0.944. The number of aliphatic hydroxyl groups is 1. The van der Waals surface area contributed by atoms with Gasteiger partial charge < -0.3 is 14.7 Å². The van der Waals surface area contributed by atoms with Crippen LogP contribution in [-0.2, 0) is 9.53 Å². The SMILES string of the molecule is O=C(CC1CCCCCC1)N1CCOC[C@@H]1[C@H]1CCC[C@@H]1O. The van der Waals surface area contributed by atoms with Crippen molar-refractivity contribution in [3.63, 3.8) is 0 Å². The van der Waals surface area contributed by atoms with Crippen LogP contribution in [0.2, 0.25) is 0 Å². The van der Waals surface area contributed by atoms with Gasteiger partial charge in [0.1, 0.15) is 0 Å². The maximum atomic E-state index is 12.8. The molecule has 0 radical (unpaired) electrons. The Balaban J connectivity index is 1.60. The Labute approximate surface area is 134 Å². The Morgan fingerprint density at radius 3 is 2.50 bits per heavy atom. The van der Waals surface area contributed by atoms with Gasteiger partial charge in [-0.2, -0.15) is 0 Å². The molecule has 0 bridgehead atoms. The summed E-state index contributed by atoms with van der Waals surface area (Å²) >= 11 is 0. The molecule has 1 heterocycles. The summed E-state index contributed by atoms with van der Waals surface area (Å²) in [5.74, 6) is 1.10. The Kier molecular flexibility index (Phi) is 5.75. The molecular weight excluding hydrogens is 278 g/mol. The molecule has 1 aliphatic heterocycles. The quantitative estimate of drug-likeness (QED) is 0.816. The smallest absolute Gasteiger partial charge is 0.223 e. The fourth-order valence-corrected chi connectivity index (χ4v) is 4.64. The summed E-state index contributed by atoms with van der Waals surface area (Å²) in [7, 11) is 0. The van der Waals surface area contributed by atoms with Gasteiger partial charge in [0.05, 0.1) is 25.4 Å². The van der Waals surface area contributed by atoms with E-state index in [0.29, 0.717) is 38.0 Å². The summed E-state index contributed by atoms with van der Waals surface area (Å²) in [4.78, 5) is 14.9.